The summed E-state index contributed by atoms with van der Waals surface area (Å²) in [4.78, 5) is 23.1. The van der Waals surface area contributed by atoms with Crippen molar-refractivity contribution in [1.82, 2.24) is 0 Å². The number of hydrogen-bond acceptors (Lipinski definition) is 6. The Labute approximate surface area is 195 Å². The van der Waals surface area contributed by atoms with Crippen LogP contribution in [0.15, 0.2) is 27.6 Å². The highest BCUT2D eigenvalue weighted by Crippen LogP contribution is 2.79. The summed E-state index contributed by atoms with van der Waals surface area (Å²) >= 11 is 0. The second kappa shape index (κ2) is 6.72. The van der Waals surface area contributed by atoms with E-state index in [1.807, 2.05) is 6.07 Å². The fraction of sp³-hybridized carbons (Fsp3) is 0.778. The van der Waals surface area contributed by atoms with Crippen molar-refractivity contribution in [2.75, 3.05) is 0 Å². The van der Waals surface area contributed by atoms with E-state index in [2.05, 4.69) is 20.8 Å². The van der Waals surface area contributed by atoms with E-state index in [0.29, 0.717) is 30.1 Å². The molecule has 0 amide bonds. The van der Waals surface area contributed by atoms with Crippen LogP contribution in [0.4, 0.5) is 0 Å². The maximum atomic E-state index is 11.9. The molecule has 0 radical (unpaired) electrons. The van der Waals surface area contributed by atoms with Gasteiger partial charge in [0.1, 0.15) is 11.7 Å². The van der Waals surface area contributed by atoms with E-state index >= 15 is 0 Å². The molecule has 1 aromatic heterocycles. The molecular weight excluding hydrogens is 420 g/mol. The molecule has 1 saturated heterocycles. The Kier molecular flexibility index (Phi) is 4.45. The average molecular weight is 457 g/mol. The largest absolute Gasteiger partial charge is 0.462 e. The van der Waals surface area contributed by atoms with Crippen LogP contribution in [0.1, 0.15) is 84.1 Å². The van der Waals surface area contributed by atoms with Gasteiger partial charge in [-0.1, -0.05) is 20.8 Å². The molecule has 180 valence electrons. The Hall–Kier alpha value is -1.66. The number of hydrogen-bond donors (Lipinski definition) is 1. The van der Waals surface area contributed by atoms with Crippen LogP contribution in [0, 0.1) is 28.6 Å². The summed E-state index contributed by atoms with van der Waals surface area (Å²) in [7, 11) is 0. The monoisotopic (exact) mass is 456 g/mol. The summed E-state index contributed by atoms with van der Waals surface area (Å²) in [6.45, 7) is 8.42. The number of fused-ring (bicyclic) bond motifs is 3. The summed E-state index contributed by atoms with van der Waals surface area (Å²) in [6.07, 6.45) is 7.72. The summed E-state index contributed by atoms with van der Waals surface area (Å²) < 4.78 is 17.5. The minimum absolute atomic E-state index is 0.0150. The number of rotatable bonds is 2. The van der Waals surface area contributed by atoms with Crippen LogP contribution in [0.25, 0.3) is 0 Å². The first kappa shape index (κ1) is 21.8. The van der Waals surface area contributed by atoms with Gasteiger partial charge in [0.2, 0.25) is 0 Å². The fourth-order valence-corrected chi connectivity index (χ4v) is 9.61. The lowest BCUT2D eigenvalue weighted by molar-refractivity contribution is -0.227. The van der Waals surface area contributed by atoms with Crippen LogP contribution >= 0.6 is 0 Å². The molecule has 33 heavy (non-hydrogen) atoms. The molecule has 6 nitrogen and oxygen atoms in total. The summed E-state index contributed by atoms with van der Waals surface area (Å²) in [6, 6.07) is 3.48. The molecule has 5 fully saturated rings. The van der Waals surface area contributed by atoms with E-state index in [1.54, 1.807) is 6.26 Å². The van der Waals surface area contributed by atoms with Crippen LogP contribution in [0.2, 0.25) is 0 Å². The first-order valence-corrected chi connectivity index (χ1v) is 12.7. The Morgan fingerprint density at radius 3 is 2.52 bits per heavy atom. The van der Waals surface area contributed by atoms with Crippen LogP contribution in [0.5, 0.6) is 0 Å². The van der Waals surface area contributed by atoms with Gasteiger partial charge in [0, 0.05) is 30.7 Å². The number of epoxide rings is 1. The third-order valence-corrected chi connectivity index (χ3v) is 11.0. The minimum Gasteiger partial charge on any atom is -0.462 e. The van der Waals surface area contributed by atoms with Gasteiger partial charge in [0.15, 0.2) is 0 Å². The van der Waals surface area contributed by atoms with E-state index in [4.69, 9.17) is 13.9 Å². The van der Waals surface area contributed by atoms with Gasteiger partial charge in [-0.3, -0.25) is 4.79 Å². The van der Waals surface area contributed by atoms with Crippen molar-refractivity contribution in [3.8, 4) is 0 Å². The van der Waals surface area contributed by atoms with E-state index in [9.17, 15) is 14.7 Å². The highest BCUT2D eigenvalue weighted by Gasteiger charge is 2.83. The Bertz CT molecular complexity index is 1030. The lowest BCUT2D eigenvalue weighted by Gasteiger charge is -2.64. The van der Waals surface area contributed by atoms with Crippen molar-refractivity contribution in [2.24, 2.45) is 28.6 Å². The second-order valence-corrected chi connectivity index (χ2v) is 12.2. The molecule has 1 spiro atoms. The van der Waals surface area contributed by atoms with E-state index in [-0.39, 0.29) is 40.2 Å². The molecule has 0 unspecified atom stereocenters. The van der Waals surface area contributed by atoms with Gasteiger partial charge in [0.05, 0.1) is 18.0 Å². The first-order valence-electron chi connectivity index (χ1n) is 12.7. The molecule has 0 aromatic carbocycles. The van der Waals surface area contributed by atoms with Crippen molar-refractivity contribution in [3.05, 3.63) is 34.4 Å². The van der Waals surface area contributed by atoms with Crippen LogP contribution in [-0.4, -0.2) is 34.5 Å². The van der Waals surface area contributed by atoms with Crippen molar-refractivity contribution in [1.29, 1.82) is 0 Å². The van der Waals surface area contributed by atoms with Crippen molar-refractivity contribution < 1.29 is 23.8 Å². The number of ether oxygens (including phenoxy) is 2. The molecule has 10 atom stereocenters. The van der Waals surface area contributed by atoms with E-state index < -0.39 is 5.60 Å². The van der Waals surface area contributed by atoms with Gasteiger partial charge in [-0.2, -0.15) is 0 Å². The summed E-state index contributed by atoms with van der Waals surface area (Å²) in [5, 5.41) is 11.9. The van der Waals surface area contributed by atoms with Crippen LogP contribution in [-0.2, 0) is 14.3 Å². The Balaban J connectivity index is 1.33. The zero-order valence-electron chi connectivity index (χ0n) is 20.1. The smallest absolute Gasteiger partial charge is 0.335 e. The lowest BCUT2D eigenvalue weighted by atomic mass is 9.42. The zero-order chi connectivity index (χ0) is 23.4. The summed E-state index contributed by atoms with van der Waals surface area (Å²) in [5.74, 6) is 1.21. The maximum Gasteiger partial charge on any atom is 0.335 e. The van der Waals surface area contributed by atoms with Gasteiger partial charge in [-0.15, -0.1) is 0 Å². The lowest BCUT2D eigenvalue weighted by Crippen LogP contribution is -2.65. The van der Waals surface area contributed by atoms with E-state index in [0.717, 1.165) is 44.1 Å². The zero-order valence-corrected chi connectivity index (χ0v) is 20.1. The molecule has 1 aliphatic heterocycles. The standard InChI is InChI=1S/C27H36O6/c1-15-22(17-5-6-21(29)31-14-17)25(4)11-8-19-20(27(25)23(15)33-27)9-12-26(30)13-18(32-16(2)28)7-10-24(19,26)3/h5-6,14-15,18-20,22-23,30H,7-13H2,1-4H3/t15-,18+,19+,20-,22-,23-,24-,25-,26+,27-/m1/s1. The number of esters is 1. The number of carbonyl (C=O) groups excluding carboxylic acids is 1. The maximum absolute atomic E-state index is 11.9. The van der Waals surface area contributed by atoms with Crippen molar-refractivity contribution in [2.45, 2.75) is 102 Å². The van der Waals surface area contributed by atoms with Crippen molar-refractivity contribution >= 4 is 5.97 Å². The molecular formula is C27H36O6. The van der Waals surface area contributed by atoms with Crippen LogP contribution < -0.4 is 5.63 Å². The predicted octanol–water partition coefficient (Wildman–Crippen LogP) is 4.19. The molecule has 4 saturated carbocycles. The van der Waals surface area contributed by atoms with Gasteiger partial charge >= 0.3 is 11.6 Å². The van der Waals surface area contributed by atoms with Gasteiger partial charge in [-0.05, 0) is 73.3 Å². The number of carbonyl (C=O) groups is 1. The molecule has 4 aliphatic carbocycles. The molecule has 0 bridgehead atoms. The number of aliphatic hydroxyl groups is 1. The van der Waals surface area contributed by atoms with Gasteiger partial charge in [-0.25, -0.2) is 4.79 Å². The molecule has 5 aliphatic rings. The van der Waals surface area contributed by atoms with E-state index in [1.165, 1.54) is 13.0 Å². The molecule has 2 heterocycles. The normalized spacial score (nSPS) is 52.2. The van der Waals surface area contributed by atoms with Gasteiger partial charge in [0.25, 0.3) is 0 Å². The molecule has 6 rings (SSSR count). The SMILES string of the molecule is CC(=O)O[C@H]1CC[C@]2(C)[C@H]3CC[C@]4(C)[C@@H](c5ccc(=O)oc5)[C@@H](C)[C@H]5O[C@]54[C@@H]3CC[C@]2(O)C1. The van der Waals surface area contributed by atoms with Crippen LogP contribution in [0.3, 0.4) is 0 Å². The molecule has 6 heteroatoms. The topological polar surface area (TPSA) is 89.3 Å². The summed E-state index contributed by atoms with van der Waals surface area (Å²) in [5.41, 5.74) is -0.364. The Morgan fingerprint density at radius 1 is 1.09 bits per heavy atom. The second-order valence-electron chi connectivity index (χ2n) is 12.2. The Morgan fingerprint density at radius 2 is 1.82 bits per heavy atom. The third kappa shape index (κ3) is 2.63. The molecule has 1 aromatic rings. The quantitative estimate of drug-likeness (QED) is 0.530. The molecule has 1 N–H and O–H groups in total. The highest BCUT2D eigenvalue weighted by molar-refractivity contribution is 5.66. The highest BCUT2D eigenvalue weighted by atomic mass is 16.6. The predicted molar refractivity (Wildman–Crippen MR) is 121 cm³/mol. The average Bonchev–Trinajstić information content (AvgIpc) is 3.46. The minimum atomic E-state index is -0.798. The first-order chi connectivity index (χ1) is 15.6. The van der Waals surface area contributed by atoms with Crippen molar-refractivity contribution in [3.63, 3.8) is 0 Å². The van der Waals surface area contributed by atoms with Gasteiger partial charge < -0.3 is 19.0 Å². The fourth-order valence-electron chi connectivity index (χ4n) is 9.61. The third-order valence-electron chi connectivity index (χ3n) is 11.0.